The Morgan fingerprint density at radius 1 is 0.380 bits per heavy atom. The van der Waals surface area contributed by atoms with Crippen molar-refractivity contribution in [2.75, 3.05) is 9.80 Å². The van der Waals surface area contributed by atoms with Crippen molar-refractivity contribution in [1.82, 2.24) is 9.97 Å². The van der Waals surface area contributed by atoms with Crippen molar-refractivity contribution >= 4 is 56.0 Å². The van der Waals surface area contributed by atoms with Crippen LogP contribution in [0.2, 0.25) is 0 Å². The molecule has 5 heteroatoms. The van der Waals surface area contributed by atoms with Crippen LogP contribution in [-0.4, -0.2) is 9.97 Å². The van der Waals surface area contributed by atoms with Gasteiger partial charge in [0.05, 0.1) is 5.69 Å². The van der Waals surface area contributed by atoms with Crippen molar-refractivity contribution < 1.29 is 4.42 Å². The van der Waals surface area contributed by atoms with E-state index in [4.69, 9.17) is 9.40 Å². The fraction of sp³-hybridized carbons (Fsp3) is 0.121. The molecule has 9 aromatic carbocycles. The van der Waals surface area contributed by atoms with E-state index in [0.717, 1.165) is 95.1 Å². The van der Waals surface area contributed by atoms with Crippen molar-refractivity contribution in [2.45, 2.75) is 52.4 Å². The van der Waals surface area contributed by atoms with Gasteiger partial charge in [-0.2, -0.15) is 0 Å². The molecule has 0 bridgehead atoms. The van der Waals surface area contributed by atoms with E-state index < -0.39 is 0 Å². The fourth-order valence-electron chi connectivity index (χ4n) is 9.60. The van der Waals surface area contributed by atoms with Gasteiger partial charge < -0.3 is 14.2 Å². The molecule has 346 valence electrons. The Morgan fingerprint density at radius 3 is 1.52 bits per heavy atom. The predicted octanol–water partition coefficient (Wildman–Crippen LogP) is 18.6. The van der Waals surface area contributed by atoms with Gasteiger partial charge in [0.15, 0.2) is 5.58 Å². The van der Waals surface area contributed by atoms with Gasteiger partial charge >= 0.3 is 0 Å². The Bertz CT molecular complexity index is 3530. The summed E-state index contributed by atoms with van der Waals surface area (Å²) in [5.74, 6) is 0.548. The molecule has 11 aromatic rings. The van der Waals surface area contributed by atoms with Gasteiger partial charge in [-0.05, 0) is 153 Å². The van der Waals surface area contributed by atoms with Gasteiger partial charge in [-0.15, -0.1) is 0 Å². The van der Waals surface area contributed by atoms with E-state index in [9.17, 15) is 0 Å². The molecule has 0 saturated carbocycles. The molecule has 2 heterocycles. The maximum absolute atomic E-state index is 6.79. The maximum Gasteiger partial charge on any atom is 0.227 e. The normalized spacial score (nSPS) is 11.8. The topological polar surface area (TPSA) is 45.4 Å². The Hall–Kier alpha value is -8.54. The Kier molecular flexibility index (Phi) is 11.7. The van der Waals surface area contributed by atoms with Crippen molar-refractivity contribution in [3.05, 3.63) is 242 Å². The number of hydrogen-bond donors (Lipinski definition) is 0. The van der Waals surface area contributed by atoms with Crippen LogP contribution < -0.4 is 9.80 Å². The van der Waals surface area contributed by atoms with Gasteiger partial charge in [0.25, 0.3) is 0 Å². The van der Waals surface area contributed by atoms with Crippen LogP contribution in [0.3, 0.4) is 0 Å². The second-order valence-corrected chi connectivity index (χ2v) is 20.4. The minimum atomic E-state index is 0.0278. The number of fused-ring (bicyclic) bond motifs is 3. The van der Waals surface area contributed by atoms with Crippen LogP contribution in [0.1, 0.15) is 52.7 Å². The molecule has 0 unspecified atom stereocenters. The molecule has 0 N–H and O–H groups in total. The molecule has 0 amide bonds. The summed E-state index contributed by atoms with van der Waals surface area (Å²) in [5, 5.41) is 2.10. The summed E-state index contributed by atoms with van der Waals surface area (Å²) >= 11 is 0. The number of rotatable bonds is 10. The van der Waals surface area contributed by atoms with Crippen LogP contribution in [-0.2, 0) is 10.8 Å². The van der Waals surface area contributed by atoms with Crippen molar-refractivity contribution in [2.24, 2.45) is 0 Å². The van der Waals surface area contributed by atoms with Crippen LogP contribution in [0.4, 0.5) is 34.1 Å². The molecule has 0 radical (unpaired) electrons. The number of aromatic nitrogens is 2. The third-order valence-electron chi connectivity index (χ3n) is 13.4. The Balaban J connectivity index is 1.12. The standard InChI is InChI=1S/C66H56N4O/c1-65(2,3)50-27-31-54(32-28-50)69(55-33-29-51(30-34-55)66(4,5)6)56-35-37-58(60(44-56)45-18-10-7-11-19-45)48-41-49(43-57(42-48)70(52-20-12-8-13-21-52)53-22-14-9-15-23-53)64-68-63-59-36-25-47(61-24-16-17-39-67-61)40-46(59)26-38-62(63)71-64/h7-44H,1-6H3. The van der Waals surface area contributed by atoms with E-state index in [0.29, 0.717) is 5.89 Å². The summed E-state index contributed by atoms with van der Waals surface area (Å²) in [6, 6.07) is 80.2. The number of benzene rings is 9. The van der Waals surface area contributed by atoms with Gasteiger partial charge in [-0.3, -0.25) is 4.98 Å². The lowest BCUT2D eigenvalue weighted by Crippen LogP contribution is -2.14. The van der Waals surface area contributed by atoms with E-state index in [2.05, 4.69) is 257 Å². The van der Waals surface area contributed by atoms with E-state index in [1.807, 2.05) is 30.5 Å². The van der Waals surface area contributed by atoms with E-state index in [1.165, 1.54) is 11.1 Å². The molecule has 0 aliphatic heterocycles. The van der Waals surface area contributed by atoms with Crippen molar-refractivity contribution in [3.63, 3.8) is 0 Å². The van der Waals surface area contributed by atoms with E-state index in [-0.39, 0.29) is 10.8 Å². The number of hydrogen-bond acceptors (Lipinski definition) is 5. The second-order valence-electron chi connectivity index (χ2n) is 20.4. The zero-order chi connectivity index (χ0) is 48.7. The van der Waals surface area contributed by atoms with Gasteiger partial charge in [-0.1, -0.05) is 163 Å². The lowest BCUT2D eigenvalue weighted by Gasteiger charge is -2.29. The summed E-state index contributed by atoms with van der Waals surface area (Å²) in [4.78, 5) is 14.6. The lowest BCUT2D eigenvalue weighted by atomic mass is 9.86. The largest absolute Gasteiger partial charge is 0.436 e. The molecule has 0 atom stereocenters. The first kappa shape index (κ1) is 44.9. The highest BCUT2D eigenvalue weighted by atomic mass is 16.3. The second kappa shape index (κ2) is 18.4. The smallest absolute Gasteiger partial charge is 0.227 e. The quantitative estimate of drug-likeness (QED) is 0.137. The zero-order valence-electron chi connectivity index (χ0n) is 41.1. The minimum absolute atomic E-state index is 0.0278. The van der Waals surface area contributed by atoms with Crippen LogP contribution in [0, 0.1) is 0 Å². The predicted molar refractivity (Wildman–Crippen MR) is 298 cm³/mol. The molecule has 2 aromatic heterocycles. The average Bonchev–Trinajstić information content (AvgIpc) is 3.85. The molecule has 0 fully saturated rings. The third kappa shape index (κ3) is 9.11. The zero-order valence-corrected chi connectivity index (χ0v) is 41.1. The van der Waals surface area contributed by atoms with Crippen LogP contribution in [0.5, 0.6) is 0 Å². The first-order valence-corrected chi connectivity index (χ1v) is 24.5. The van der Waals surface area contributed by atoms with Gasteiger partial charge in [0.1, 0.15) is 5.52 Å². The molecule has 0 spiro atoms. The summed E-state index contributed by atoms with van der Waals surface area (Å²) in [5.41, 5.74) is 17.7. The summed E-state index contributed by atoms with van der Waals surface area (Å²) in [6.07, 6.45) is 1.83. The highest BCUT2D eigenvalue weighted by Crippen LogP contribution is 2.45. The summed E-state index contributed by atoms with van der Waals surface area (Å²) in [7, 11) is 0. The molecule has 71 heavy (non-hydrogen) atoms. The van der Waals surface area contributed by atoms with E-state index >= 15 is 0 Å². The van der Waals surface area contributed by atoms with Crippen molar-refractivity contribution in [1.29, 1.82) is 0 Å². The molecular formula is C66H56N4O. The molecule has 5 nitrogen and oxygen atoms in total. The van der Waals surface area contributed by atoms with Crippen molar-refractivity contribution in [3.8, 4) is 45.0 Å². The SMILES string of the molecule is CC(C)(C)c1ccc(N(c2ccc(C(C)(C)C)cc2)c2ccc(-c3cc(-c4nc5c(ccc6cc(-c7ccccn7)ccc65)o4)cc(N(c4ccccc4)c4ccccc4)c3)c(-c3ccccc3)c2)cc1. The highest BCUT2D eigenvalue weighted by Gasteiger charge is 2.23. The lowest BCUT2D eigenvalue weighted by molar-refractivity contribution is 0.590. The molecule has 0 aliphatic rings. The van der Waals surface area contributed by atoms with Gasteiger partial charge in [0.2, 0.25) is 5.89 Å². The number of nitrogens with zero attached hydrogens (tertiary/aromatic N) is 4. The van der Waals surface area contributed by atoms with Gasteiger partial charge in [0, 0.05) is 56.8 Å². The van der Waals surface area contributed by atoms with E-state index in [1.54, 1.807) is 0 Å². The number of oxazole rings is 1. The van der Waals surface area contributed by atoms with Crippen LogP contribution >= 0.6 is 0 Å². The molecule has 0 aliphatic carbocycles. The third-order valence-corrected chi connectivity index (χ3v) is 13.4. The van der Waals surface area contributed by atoms with Crippen LogP contribution in [0.25, 0.3) is 66.8 Å². The molecular weight excluding hydrogens is 865 g/mol. The number of anilines is 6. The average molecular weight is 921 g/mol. The first-order chi connectivity index (χ1) is 34.4. The Labute approximate surface area is 417 Å². The molecule has 0 saturated heterocycles. The number of pyridine rings is 1. The van der Waals surface area contributed by atoms with Crippen LogP contribution in [0.15, 0.2) is 235 Å². The number of para-hydroxylation sites is 2. The summed E-state index contributed by atoms with van der Waals surface area (Å²) < 4.78 is 6.79. The maximum atomic E-state index is 6.79. The minimum Gasteiger partial charge on any atom is -0.436 e. The monoisotopic (exact) mass is 920 g/mol. The fourth-order valence-corrected chi connectivity index (χ4v) is 9.60. The van der Waals surface area contributed by atoms with Gasteiger partial charge in [-0.25, -0.2) is 4.98 Å². The first-order valence-electron chi connectivity index (χ1n) is 24.5. The Morgan fingerprint density at radius 2 is 0.930 bits per heavy atom. The molecule has 11 rings (SSSR count). The highest BCUT2D eigenvalue weighted by molar-refractivity contribution is 6.05. The summed E-state index contributed by atoms with van der Waals surface area (Å²) in [6.45, 7) is 13.6.